The fourth-order valence-corrected chi connectivity index (χ4v) is 4.23. The van der Waals surface area contributed by atoms with Crippen molar-refractivity contribution in [2.45, 2.75) is 90.1 Å². The van der Waals surface area contributed by atoms with Crippen molar-refractivity contribution in [3.8, 4) is 5.75 Å². The maximum absolute atomic E-state index is 14.6. The lowest BCUT2D eigenvalue weighted by molar-refractivity contribution is 0.150. The summed E-state index contributed by atoms with van der Waals surface area (Å²) in [7, 11) is 0. The highest BCUT2D eigenvalue weighted by molar-refractivity contribution is 5.42. The Bertz CT molecular complexity index is 561. The number of fused-ring (bicyclic) bond motifs is 1. The monoisotopic (exact) mass is 336 g/mol. The van der Waals surface area contributed by atoms with E-state index < -0.39 is 11.6 Å². The zero-order chi connectivity index (χ0) is 17.1. The van der Waals surface area contributed by atoms with Crippen molar-refractivity contribution in [3.05, 3.63) is 28.8 Å². The molecule has 1 aliphatic heterocycles. The average Bonchev–Trinajstić information content (AvgIpc) is 2.59. The molecule has 1 unspecified atom stereocenters. The van der Waals surface area contributed by atoms with Crippen molar-refractivity contribution >= 4 is 0 Å². The van der Waals surface area contributed by atoms with Crippen LogP contribution in [0.1, 0.15) is 88.7 Å². The molecule has 0 amide bonds. The molecule has 1 aliphatic carbocycles. The number of ether oxygens (including phenoxy) is 1. The van der Waals surface area contributed by atoms with Gasteiger partial charge in [0.2, 0.25) is 5.82 Å². The Balaban J connectivity index is 1.76. The Labute approximate surface area is 144 Å². The molecule has 1 heterocycles. The molecule has 1 aromatic carbocycles. The van der Waals surface area contributed by atoms with E-state index >= 15 is 0 Å². The molecule has 0 bridgehead atoms. The highest BCUT2D eigenvalue weighted by Gasteiger charge is 2.30. The molecule has 0 N–H and O–H groups in total. The second kappa shape index (κ2) is 7.84. The predicted molar refractivity (Wildman–Crippen MR) is 93.6 cm³/mol. The lowest BCUT2D eigenvalue weighted by Gasteiger charge is -2.30. The lowest BCUT2D eigenvalue weighted by atomic mass is 9.78. The Morgan fingerprint density at radius 2 is 1.79 bits per heavy atom. The second-order valence-electron chi connectivity index (χ2n) is 7.81. The van der Waals surface area contributed by atoms with Gasteiger partial charge in [0.05, 0.1) is 6.10 Å². The third-order valence-corrected chi connectivity index (χ3v) is 5.87. The van der Waals surface area contributed by atoms with E-state index in [9.17, 15) is 8.78 Å². The summed E-state index contributed by atoms with van der Waals surface area (Å²) < 4.78 is 35.1. The standard InChI is InChI=1S/C21H30F2O/c1-3-4-5-6-17-12-11-16-13-18(15-9-7-14(2)8-10-15)19(22)20(23)21(16)24-17/h13-15,17H,3-12H2,1-2H3. The fourth-order valence-electron chi connectivity index (χ4n) is 4.23. The molecule has 0 aromatic heterocycles. The molecule has 0 saturated heterocycles. The largest absolute Gasteiger partial charge is 0.487 e. The number of hydrogen-bond acceptors (Lipinski definition) is 1. The molecular formula is C21H30F2O. The number of benzene rings is 1. The van der Waals surface area contributed by atoms with Crippen LogP contribution < -0.4 is 4.74 Å². The average molecular weight is 336 g/mol. The third kappa shape index (κ3) is 3.75. The Kier molecular flexibility index (Phi) is 5.78. The summed E-state index contributed by atoms with van der Waals surface area (Å²) in [5.41, 5.74) is 1.46. The molecule has 2 aliphatic rings. The summed E-state index contributed by atoms with van der Waals surface area (Å²) in [6, 6.07) is 1.90. The van der Waals surface area contributed by atoms with Gasteiger partial charge in [0, 0.05) is 0 Å². The molecule has 0 radical (unpaired) electrons. The van der Waals surface area contributed by atoms with Crippen LogP contribution in [0.5, 0.6) is 5.75 Å². The zero-order valence-electron chi connectivity index (χ0n) is 15.0. The van der Waals surface area contributed by atoms with Crippen LogP contribution in [0.15, 0.2) is 6.07 Å². The van der Waals surface area contributed by atoms with Crippen LogP contribution in [0.2, 0.25) is 0 Å². The second-order valence-corrected chi connectivity index (χ2v) is 7.81. The highest BCUT2D eigenvalue weighted by Crippen LogP contribution is 2.41. The number of rotatable bonds is 5. The maximum atomic E-state index is 14.6. The first kappa shape index (κ1) is 17.7. The Morgan fingerprint density at radius 1 is 1.04 bits per heavy atom. The normalized spacial score (nSPS) is 26.8. The van der Waals surface area contributed by atoms with Gasteiger partial charge < -0.3 is 4.74 Å². The smallest absolute Gasteiger partial charge is 0.201 e. The molecular weight excluding hydrogens is 306 g/mol. The van der Waals surface area contributed by atoms with Crippen LogP contribution in [-0.4, -0.2) is 6.10 Å². The van der Waals surface area contributed by atoms with Gasteiger partial charge in [0.1, 0.15) is 0 Å². The van der Waals surface area contributed by atoms with Gasteiger partial charge in [-0.3, -0.25) is 0 Å². The lowest BCUT2D eigenvalue weighted by Crippen LogP contribution is -2.24. The predicted octanol–water partition coefficient (Wildman–Crippen LogP) is 6.53. The van der Waals surface area contributed by atoms with Crippen LogP contribution in [0.25, 0.3) is 0 Å². The Morgan fingerprint density at radius 3 is 2.50 bits per heavy atom. The summed E-state index contributed by atoms with van der Waals surface area (Å²) in [6.07, 6.45) is 10.3. The highest BCUT2D eigenvalue weighted by atomic mass is 19.2. The quantitative estimate of drug-likeness (QED) is 0.555. The van der Waals surface area contributed by atoms with Crippen molar-refractivity contribution in [1.29, 1.82) is 0 Å². The SMILES string of the molecule is CCCCCC1CCc2cc(C3CCC(C)CC3)c(F)c(F)c2O1. The molecule has 134 valence electrons. The van der Waals surface area contributed by atoms with E-state index in [1.165, 1.54) is 6.42 Å². The van der Waals surface area contributed by atoms with Gasteiger partial charge in [0.25, 0.3) is 0 Å². The molecule has 1 fully saturated rings. The van der Waals surface area contributed by atoms with E-state index in [2.05, 4.69) is 13.8 Å². The fraction of sp³-hybridized carbons (Fsp3) is 0.714. The van der Waals surface area contributed by atoms with Crippen LogP contribution in [0, 0.1) is 17.6 Å². The van der Waals surface area contributed by atoms with Gasteiger partial charge in [-0.05, 0) is 67.6 Å². The Hall–Kier alpha value is -1.12. The van der Waals surface area contributed by atoms with E-state index in [1.54, 1.807) is 0 Å². The summed E-state index contributed by atoms with van der Waals surface area (Å²) in [5.74, 6) is -0.348. The first-order valence-electron chi connectivity index (χ1n) is 9.77. The van der Waals surface area contributed by atoms with E-state index in [-0.39, 0.29) is 17.8 Å². The summed E-state index contributed by atoms with van der Waals surface area (Å²) >= 11 is 0. The molecule has 24 heavy (non-hydrogen) atoms. The minimum atomic E-state index is -0.749. The summed E-state index contributed by atoms with van der Waals surface area (Å²) in [6.45, 7) is 4.41. The van der Waals surface area contributed by atoms with Crippen molar-refractivity contribution < 1.29 is 13.5 Å². The molecule has 1 aromatic rings. The minimum Gasteiger partial charge on any atom is -0.487 e. The van der Waals surface area contributed by atoms with Gasteiger partial charge in [-0.2, -0.15) is 4.39 Å². The van der Waals surface area contributed by atoms with Crippen LogP contribution >= 0.6 is 0 Å². The molecule has 3 rings (SSSR count). The first-order chi connectivity index (χ1) is 11.6. The maximum Gasteiger partial charge on any atom is 0.201 e. The van der Waals surface area contributed by atoms with E-state index in [1.807, 2.05) is 6.07 Å². The number of unbranched alkanes of at least 4 members (excludes halogenated alkanes) is 2. The zero-order valence-corrected chi connectivity index (χ0v) is 15.0. The summed E-state index contributed by atoms with van der Waals surface area (Å²) in [4.78, 5) is 0. The number of hydrogen-bond donors (Lipinski definition) is 0. The van der Waals surface area contributed by atoms with Crippen LogP contribution in [-0.2, 0) is 6.42 Å². The topological polar surface area (TPSA) is 9.23 Å². The van der Waals surface area contributed by atoms with Crippen molar-refractivity contribution in [2.24, 2.45) is 5.92 Å². The number of aryl methyl sites for hydroxylation is 1. The molecule has 1 nitrogen and oxygen atoms in total. The van der Waals surface area contributed by atoms with Crippen molar-refractivity contribution in [3.63, 3.8) is 0 Å². The van der Waals surface area contributed by atoms with E-state index in [4.69, 9.17) is 4.74 Å². The molecule has 0 spiro atoms. The van der Waals surface area contributed by atoms with Crippen molar-refractivity contribution in [2.75, 3.05) is 0 Å². The number of halogens is 2. The molecule has 3 heteroatoms. The van der Waals surface area contributed by atoms with E-state index in [0.29, 0.717) is 11.5 Å². The first-order valence-corrected chi connectivity index (χ1v) is 9.77. The van der Waals surface area contributed by atoms with Crippen LogP contribution in [0.4, 0.5) is 8.78 Å². The van der Waals surface area contributed by atoms with E-state index in [0.717, 1.165) is 63.4 Å². The summed E-state index contributed by atoms with van der Waals surface area (Å²) in [5, 5.41) is 0. The van der Waals surface area contributed by atoms with Gasteiger partial charge >= 0.3 is 0 Å². The van der Waals surface area contributed by atoms with Gasteiger partial charge in [0.15, 0.2) is 11.6 Å². The van der Waals surface area contributed by atoms with Gasteiger partial charge in [-0.1, -0.05) is 39.5 Å². The van der Waals surface area contributed by atoms with Gasteiger partial charge in [-0.15, -0.1) is 0 Å². The molecule has 1 atom stereocenters. The molecule has 1 saturated carbocycles. The van der Waals surface area contributed by atoms with Crippen molar-refractivity contribution in [1.82, 2.24) is 0 Å². The van der Waals surface area contributed by atoms with Crippen LogP contribution in [0.3, 0.4) is 0 Å². The third-order valence-electron chi connectivity index (χ3n) is 5.87. The minimum absolute atomic E-state index is 0.0410. The van der Waals surface area contributed by atoms with Gasteiger partial charge in [-0.25, -0.2) is 4.39 Å².